The Morgan fingerprint density at radius 1 is 1.16 bits per heavy atom. The van der Waals surface area contributed by atoms with Crippen molar-refractivity contribution in [3.63, 3.8) is 0 Å². The van der Waals surface area contributed by atoms with Gasteiger partial charge in [0.2, 0.25) is 5.91 Å². The zero-order valence-electron chi connectivity index (χ0n) is 17.4. The zero-order chi connectivity index (χ0) is 21.6. The topological polar surface area (TPSA) is 67.4 Å². The Hall–Kier alpha value is -2.35. The fourth-order valence-electron chi connectivity index (χ4n) is 3.45. The highest BCUT2D eigenvalue weighted by Gasteiger charge is 2.26. The fourth-order valence-corrected chi connectivity index (χ4v) is 4.55. The van der Waals surface area contributed by atoms with Crippen LogP contribution in [0.4, 0.5) is 5.82 Å². The first-order valence-electron chi connectivity index (χ1n) is 10.4. The highest BCUT2D eigenvalue weighted by atomic mass is 35.5. The predicted octanol–water partition coefficient (Wildman–Crippen LogP) is 4.62. The average Bonchev–Trinajstić information content (AvgIpc) is 2.82. The minimum absolute atomic E-state index is 0.128. The molecule has 1 saturated heterocycles. The van der Waals surface area contributed by atoms with Gasteiger partial charge in [0.05, 0.1) is 24.0 Å². The van der Waals surface area contributed by atoms with Gasteiger partial charge in [-0.1, -0.05) is 54.6 Å². The third-order valence-corrected chi connectivity index (χ3v) is 6.64. The molecule has 8 heteroatoms. The summed E-state index contributed by atoms with van der Waals surface area (Å²) in [4.78, 5) is 24.4. The summed E-state index contributed by atoms with van der Waals surface area (Å²) in [6.45, 7) is 5.11. The lowest BCUT2D eigenvalue weighted by Crippen LogP contribution is -2.44. The third kappa shape index (κ3) is 5.47. The SMILES string of the molecule is CC[C@@H](Sc1nc(NCc2ccc(Cl)cc2)c2ccccc2n1)C(=O)N1CCOCC1. The molecule has 1 atom stereocenters. The molecule has 3 aromatic rings. The molecule has 0 aliphatic carbocycles. The predicted molar refractivity (Wildman–Crippen MR) is 126 cm³/mol. The number of thioether (sulfide) groups is 1. The van der Waals surface area contributed by atoms with Gasteiger partial charge in [0.15, 0.2) is 5.16 Å². The van der Waals surface area contributed by atoms with E-state index in [9.17, 15) is 4.79 Å². The summed E-state index contributed by atoms with van der Waals surface area (Å²) in [6, 6.07) is 15.6. The molecule has 1 aliphatic rings. The van der Waals surface area contributed by atoms with Crippen LogP contribution in [-0.2, 0) is 16.1 Å². The number of amides is 1. The number of hydrogen-bond acceptors (Lipinski definition) is 6. The van der Waals surface area contributed by atoms with Crippen LogP contribution in [0.25, 0.3) is 10.9 Å². The van der Waals surface area contributed by atoms with Crippen molar-refractivity contribution < 1.29 is 9.53 Å². The van der Waals surface area contributed by atoms with Crippen LogP contribution >= 0.6 is 23.4 Å². The lowest BCUT2D eigenvalue weighted by Gasteiger charge is -2.29. The van der Waals surface area contributed by atoms with Gasteiger partial charge >= 0.3 is 0 Å². The second kappa shape index (κ2) is 10.3. The number of anilines is 1. The normalized spacial score (nSPS) is 15.1. The van der Waals surface area contributed by atoms with Crippen LogP contribution in [0.5, 0.6) is 0 Å². The molecule has 0 unspecified atom stereocenters. The molecule has 31 heavy (non-hydrogen) atoms. The van der Waals surface area contributed by atoms with Crippen LogP contribution in [0.2, 0.25) is 5.02 Å². The van der Waals surface area contributed by atoms with E-state index >= 15 is 0 Å². The molecule has 4 rings (SSSR count). The molecule has 162 valence electrons. The van der Waals surface area contributed by atoms with E-state index in [0.29, 0.717) is 49.4 Å². The number of halogens is 1. The summed E-state index contributed by atoms with van der Waals surface area (Å²) >= 11 is 7.42. The van der Waals surface area contributed by atoms with Crippen LogP contribution in [0.15, 0.2) is 53.7 Å². The molecule has 1 amide bonds. The van der Waals surface area contributed by atoms with Gasteiger partial charge in [0.1, 0.15) is 5.82 Å². The monoisotopic (exact) mass is 456 g/mol. The van der Waals surface area contributed by atoms with Crippen LogP contribution in [0.1, 0.15) is 18.9 Å². The number of nitrogens with one attached hydrogen (secondary N) is 1. The van der Waals surface area contributed by atoms with E-state index in [4.69, 9.17) is 26.3 Å². The molecule has 1 aliphatic heterocycles. The number of fused-ring (bicyclic) bond motifs is 1. The Balaban J connectivity index is 1.55. The molecule has 6 nitrogen and oxygen atoms in total. The van der Waals surface area contributed by atoms with E-state index in [1.807, 2.05) is 60.4 Å². The number of benzene rings is 2. The van der Waals surface area contributed by atoms with Crippen molar-refractivity contribution in [2.75, 3.05) is 31.6 Å². The maximum absolute atomic E-state index is 13.0. The average molecular weight is 457 g/mol. The van der Waals surface area contributed by atoms with E-state index < -0.39 is 0 Å². The number of carbonyl (C=O) groups excluding carboxylic acids is 1. The van der Waals surface area contributed by atoms with Crippen LogP contribution in [0.3, 0.4) is 0 Å². The number of para-hydroxylation sites is 1. The first-order chi connectivity index (χ1) is 15.1. The maximum Gasteiger partial charge on any atom is 0.236 e. The van der Waals surface area contributed by atoms with Crippen LogP contribution < -0.4 is 5.32 Å². The highest BCUT2D eigenvalue weighted by Crippen LogP contribution is 2.29. The Labute approximate surface area is 191 Å². The van der Waals surface area contributed by atoms with E-state index in [0.717, 1.165) is 22.3 Å². The van der Waals surface area contributed by atoms with Crippen LogP contribution in [-0.4, -0.2) is 52.3 Å². The van der Waals surface area contributed by atoms with E-state index in [-0.39, 0.29) is 11.2 Å². The first kappa shape index (κ1) is 21.9. The van der Waals surface area contributed by atoms with Crippen molar-refractivity contribution in [3.8, 4) is 0 Å². The number of hydrogen-bond donors (Lipinski definition) is 1. The molecule has 1 N–H and O–H groups in total. The van der Waals surface area contributed by atoms with E-state index in [1.54, 1.807) is 0 Å². The first-order valence-corrected chi connectivity index (χ1v) is 11.7. The largest absolute Gasteiger partial charge is 0.378 e. The van der Waals surface area contributed by atoms with Crippen molar-refractivity contribution >= 4 is 46.0 Å². The van der Waals surface area contributed by atoms with E-state index in [2.05, 4.69) is 5.32 Å². The minimum Gasteiger partial charge on any atom is -0.378 e. The van der Waals surface area contributed by atoms with Gasteiger partial charge in [0, 0.05) is 30.0 Å². The Morgan fingerprint density at radius 2 is 1.90 bits per heavy atom. The number of carbonyl (C=O) groups is 1. The Bertz CT molecular complexity index is 1040. The second-order valence-corrected chi connectivity index (χ2v) is 8.91. The number of rotatable bonds is 7. The standard InChI is InChI=1S/C23H25ClN4O2S/c1-2-20(22(29)28-11-13-30-14-12-28)31-23-26-19-6-4-3-5-18(19)21(27-23)25-15-16-7-9-17(24)10-8-16/h3-10,20H,2,11-15H2,1H3,(H,25,26,27)/t20-/m1/s1. The Kier molecular flexibility index (Phi) is 7.27. The maximum atomic E-state index is 13.0. The van der Waals surface area contributed by atoms with Gasteiger partial charge in [-0.15, -0.1) is 0 Å². The molecule has 0 spiro atoms. The van der Waals surface area contributed by atoms with Crippen molar-refractivity contribution in [3.05, 3.63) is 59.1 Å². The minimum atomic E-state index is -0.219. The summed E-state index contributed by atoms with van der Waals surface area (Å²) in [5, 5.41) is 5.48. The second-order valence-electron chi connectivity index (χ2n) is 7.30. The molecule has 1 fully saturated rings. The van der Waals surface area contributed by atoms with Gasteiger partial charge in [-0.25, -0.2) is 9.97 Å². The summed E-state index contributed by atoms with van der Waals surface area (Å²) in [5.74, 6) is 0.889. The van der Waals surface area contributed by atoms with Crippen LogP contribution in [0, 0.1) is 0 Å². The lowest BCUT2D eigenvalue weighted by atomic mass is 10.2. The molecular formula is C23H25ClN4O2S. The van der Waals surface area contributed by atoms with Crippen molar-refractivity contribution in [2.24, 2.45) is 0 Å². The number of aromatic nitrogens is 2. The summed E-state index contributed by atoms with van der Waals surface area (Å²) in [5.41, 5.74) is 1.96. The summed E-state index contributed by atoms with van der Waals surface area (Å²) in [6.07, 6.45) is 0.713. The molecule has 1 aromatic heterocycles. The van der Waals surface area contributed by atoms with Crippen molar-refractivity contribution in [2.45, 2.75) is 30.3 Å². The number of ether oxygens (including phenoxy) is 1. The summed E-state index contributed by atoms with van der Waals surface area (Å²) in [7, 11) is 0. The fraction of sp³-hybridized carbons (Fsp3) is 0.348. The van der Waals surface area contributed by atoms with Crippen molar-refractivity contribution in [1.29, 1.82) is 0 Å². The molecular weight excluding hydrogens is 432 g/mol. The molecule has 0 radical (unpaired) electrons. The van der Waals surface area contributed by atoms with Gasteiger partial charge in [-0.3, -0.25) is 4.79 Å². The zero-order valence-corrected chi connectivity index (χ0v) is 19.0. The van der Waals surface area contributed by atoms with Gasteiger partial charge in [-0.2, -0.15) is 0 Å². The molecule has 0 saturated carbocycles. The smallest absolute Gasteiger partial charge is 0.236 e. The summed E-state index contributed by atoms with van der Waals surface area (Å²) < 4.78 is 5.37. The van der Waals surface area contributed by atoms with Gasteiger partial charge in [0.25, 0.3) is 0 Å². The quantitative estimate of drug-likeness (QED) is 0.413. The molecule has 2 heterocycles. The molecule has 0 bridgehead atoms. The van der Waals surface area contributed by atoms with Crippen molar-refractivity contribution in [1.82, 2.24) is 14.9 Å². The van der Waals surface area contributed by atoms with E-state index in [1.165, 1.54) is 11.8 Å². The van der Waals surface area contributed by atoms with Gasteiger partial charge in [-0.05, 0) is 36.2 Å². The van der Waals surface area contributed by atoms with Gasteiger partial charge < -0.3 is 15.0 Å². The lowest BCUT2D eigenvalue weighted by molar-refractivity contribution is -0.134. The highest BCUT2D eigenvalue weighted by molar-refractivity contribution is 8.00. The number of nitrogens with zero attached hydrogens (tertiary/aromatic N) is 3. The third-order valence-electron chi connectivity index (χ3n) is 5.17. The Morgan fingerprint density at radius 3 is 2.65 bits per heavy atom. The molecule has 2 aromatic carbocycles. The number of morpholine rings is 1.